The number of halogens is 2. The number of aromatic nitrogens is 2. The van der Waals surface area contributed by atoms with Gasteiger partial charge in [-0.05, 0) is 32.3 Å². The molecule has 0 saturated carbocycles. The Morgan fingerprint density at radius 2 is 2.05 bits per heavy atom. The molecule has 5 nitrogen and oxygen atoms in total. The van der Waals surface area contributed by atoms with E-state index in [4.69, 9.17) is 5.73 Å². The number of carbonyl (C=O) groups excluding carboxylic acids is 1. The Bertz CT molecular complexity index is 428. The lowest BCUT2D eigenvalue weighted by Crippen LogP contribution is -2.38. The SMILES string of the molecule is CC(N)CCC(=O)N1CCC(c2ccnn2C)CC1.Cl.Cl. The Labute approximate surface area is 139 Å². The molecule has 2 rings (SSSR count). The zero-order valence-electron chi connectivity index (χ0n) is 12.7. The first-order valence-electron chi connectivity index (χ1n) is 7.09. The summed E-state index contributed by atoms with van der Waals surface area (Å²) in [5, 5.41) is 4.22. The average Bonchev–Trinajstić information content (AvgIpc) is 2.82. The van der Waals surface area contributed by atoms with Crippen LogP contribution in [0.1, 0.15) is 44.2 Å². The van der Waals surface area contributed by atoms with Crippen LogP contribution < -0.4 is 5.73 Å². The third kappa shape index (κ3) is 5.49. The van der Waals surface area contributed by atoms with Crippen LogP contribution in [0.25, 0.3) is 0 Å². The van der Waals surface area contributed by atoms with Crippen molar-refractivity contribution >= 4 is 30.7 Å². The van der Waals surface area contributed by atoms with E-state index in [0.29, 0.717) is 12.3 Å². The molecule has 1 fully saturated rings. The van der Waals surface area contributed by atoms with Gasteiger partial charge in [-0.15, -0.1) is 24.8 Å². The van der Waals surface area contributed by atoms with Gasteiger partial charge in [0.05, 0.1) is 0 Å². The molecule has 1 aromatic heterocycles. The molecule has 1 aliphatic rings. The second-order valence-corrected chi connectivity index (χ2v) is 5.55. The molecule has 21 heavy (non-hydrogen) atoms. The predicted molar refractivity (Wildman–Crippen MR) is 89.1 cm³/mol. The lowest BCUT2D eigenvalue weighted by atomic mass is 9.93. The number of hydrogen-bond acceptors (Lipinski definition) is 3. The van der Waals surface area contributed by atoms with E-state index >= 15 is 0 Å². The smallest absolute Gasteiger partial charge is 0.222 e. The molecule has 7 heteroatoms. The Kier molecular flexibility index (Phi) is 8.94. The van der Waals surface area contributed by atoms with Gasteiger partial charge in [0.2, 0.25) is 5.91 Å². The summed E-state index contributed by atoms with van der Waals surface area (Å²) in [5.41, 5.74) is 6.97. The fourth-order valence-corrected chi connectivity index (χ4v) is 2.72. The molecule has 0 aromatic carbocycles. The van der Waals surface area contributed by atoms with Crippen molar-refractivity contribution in [2.45, 2.75) is 44.6 Å². The Morgan fingerprint density at radius 3 is 2.52 bits per heavy atom. The van der Waals surface area contributed by atoms with Crippen LogP contribution in [0.15, 0.2) is 12.3 Å². The van der Waals surface area contributed by atoms with Gasteiger partial charge in [0, 0.05) is 50.4 Å². The van der Waals surface area contributed by atoms with Gasteiger partial charge in [-0.25, -0.2) is 0 Å². The Hall–Kier alpha value is -0.780. The second-order valence-electron chi connectivity index (χ2n) is 5.55. The number of carbonyl (C=O) groups is 1. The van der Waals surface area contributed by atoms with Crippen molar-refractivity contribution in [3.05, 3.63) is 18.0 Å². The van der Waals surface area contributed by atoms with Gasteiger partial charge in [-0.1, -0.05) is 0 Å². The highest BCUT2D eigenvalue weighted by Gasteiger charge is 2.25. The van der Waals surface area contributed by atoms with Gasteiger partial charge in [0.25, 0.3) is 0 Å². The monoisotopic (exact) mass is 336 g/mol. The van der Waals surface area contributed by atoms with Crippen LogP contribution in [0.3, 0.4) is 0 Å². The number of amides is 1. The van der Waals surface area contributed by atoms with Crippen molar-refractivity contribution in [1.82, 2.24) is 14.7 Å². The maximum absolute atomic E-state index is 12.0. The van der Waals surface area contributed by atoms with Gasteiger partial charge in [-0.2, -0.15) is 5.10 Å². The van der Waals surface area contributed by atoms with E-state index in [0.717, 1.165) is 32.4 Å². The van der Waals surface area contributed by atoms with Gasteiger partial charge in [0.15, 0.2) is 0 Å². The zero-order chi connectivity index (χ0) is 13.8. The minimum Gasteiger partial charge on any atom is -0.343 e. The number of aryl methyl sites for hydroxylation is 1. The highest BCUT2D eigenvalue weighted by molar-refractivity contribution is 5.85. The van der Waals surface area contributed by atoms with E-state index in [1.54, 1.807) is 0 Å². The van der Waals surface area contributed by atoms with Gasteiger partial charge < -0.3 is 10.6 Å². The molecule has 1 aliphatic heterocycles. The van der Waals surface area contributed by atoms with Crippen LogP contribution in [-0.4, -0.2) is 39.7 Å². The normalized spacial score (nSPS) is 16.8. The molecular weight excluding hydrogens is 311 g/mol. The molecule has 1 unspecified atom stereocenters. The lowest BCUT2D eigenvalue weighted by molar-refractivity contribution is -0.132. The minimum atomic E-state index is 0. The van der Waals surface area contributed by atoms with Crippen LogP contribution in [0.2, 0.25) is 0 Å². The number of hydrogen-bond donors (Lipinski definition) is 1. The summed E-state index contributed by atoms with van der Waals surface area (Å²) in [6.07, 6.45) is 5.26. The van der Waals surface area contributed by atoms with E-state index < -0.39 is 0 Å². The Balaban J connectivity index is 0.00000200. The molecule has 2 N–H and O–H groups in total. The molecule has 1 atom stereocenters. The minimum absolute atomic E-state index is 0. The van der Waals surface area contributed by atoms with Crippen molar-refractivity contribution in [3.63, 3.8) is 0 Å². The summed E-state index contributed by atoms with van der Waals surface area (Å²) in [6.45, 7) is 3.66. The standard InChI is InChI=1S/C14H24N4O.2ClH/c1-11(15)3-4-14(19)18-9-6-12(7-10-18)13-5-8-16-17(13)2;;/h5,8,11-12H,3-4,6-7,9-10,15H2,1-2H3;2*1H. The number of rotatable bonds is 4. The fourth-order valence-electron chi connectivity index (χ4n) is 2.72. The topological polar surface area (TPSA) is 64.2 Å². The van der Waals surface area contributed by atoms with Gasteiger partial charge in [-0.3, -0.25) is 9.48 Å². The molecule has 0 spiro atoms. The predicted octanol–water partition coefficient (Wildman–Crippen LogP) is 2.10. The van der Waals surface area contributed by atoms with Gasteiger partial charge in [0.1, 0.15) is 0 Å². The third-order valence-corrected chi connectivity index (χ3v) is 3.94. The van der Waals surface area contributed by atoms with E-state index in [-0.39, 0.29) is 36.8 Å². The number of piperidine rings is 1. The van der Waals surface area contributed by atoms with Crippen molar-refractivity contribution in [2.75, 3.05) is 13.1 Å². The highest BCUT2D eigenvalue weighted by Crippen LogP contribution is 2.27. The number of likely N-dealkylation sites (tertiary alicyclic amines) is 1. The maximum atomic E-state index is 12.0. The van der Waals surface area contributed by atoms with E-state index in [2.05, 4.69) is 11.2 Å². The molecule has 1 saturated heterocycles. The zero-order valence-corrected chi connectivity index (χ0v) is 14.3. The number of nitrogens with two attached hydrogens (primary N) is 1. The molecule has 0 radical (unpaired) electrons. The lowest BCUT2D eigenvalue weighted by Gasteiger charge is -2.32. The van der Waals surface area contributed by atoms with E-state index in [1.807, 2.05) is 29.7 Å². The summed E-state index contributed by atoms with van der Waals surface area (Å²) in [5.74, 6) is 0.783. The average molecular weight is 337 g/mol. The highest BCUT2D eigenvalue weighted by atomic mass is 35.5. The summed E-state index contributed by atoms with van der Waals surface area (Å²) >= 11 is 0. The molecule has 122 valence electrons. The van der Waals surface area contributed by atoms with Crippen LogP contribution in [0.4, 0.5) is 0 Å². The quantitative estimate of drug-likeness (QED) is 0.915. The fraction of sp³-hybridized carbons (Fsp3) is 0.714. The molecular formula is C14H26Cl2N4O. The first kappa shape index (κ1) is 20.2. The summed E-state index contributed by atoms with van der Waals surface area (Å²) in [6, 6.07) is 2.19. The summed E-state index contributed by atoms with van der Waals surface area (Å²) < 4.78 is 1.94. The van der Waals surface area contributed by atoms with Crippen molar-refractivity contribution in [2.24, 2.45) is 12.8 Å². The second kappa shape index (κ2) is 9.28. The van der Waals surface area contributed by atoms with Crippen LogP contribution in [-0.2, 0) is 11.8 Å². The van der Waals surface area contributed by atoms with Crippen LogP contribution >= 0.6 is 24.8 Å². The summed E-state index contributed by atoms with van der Waals surface area (Å²) in [4.78, 5) is 14.0. The first-order chi connectivity index (χ1) is 9.08. The first-order valence-corrected chi connectivity index (χ1v) is 7.09. The Morgan fingerprint density at radius 1 is 1.43 bits per heavy atom. The molecule has 0 bridgehead atoms. The van der Waals surface area contributed by atoms with Crippen LogP contribution in [0.5, 0.6) is 0 Å². The summed E-state index contributed by atoms with van der Waals surface area (Å²) in [7, 11) is 1.98. The molecule has 1 amide bonds. The molecule has 2 heterocycles. The van der Waals surface area contributed by atoms with Crippen molar-refractivity contribution in [1.29, 1.82) is 0 Å². The van der Waals surface area contributed by atoms with Crippen LogP contribution in [0, 0.1) is 0 Å². The number of nitrogens with zero attached hydrogens (tertiary/aromatic N) is 3. The van der Waals surface area contributed by atoms with E-state index in [9.17, 15) is 4.79 Å². The molecule has 0 aliphatic carbocycles. The molecule has 1 aromatic rings. The largest absolute Gasteiger partial charge is 0.343 e. The van der Waals surface area contributed by atoms with E-state index in [1.165, 1.54) is 5.69 Å². The maximum Gasteiger partial charge on any atom is 0.222 e. The van der Waals surface area contributed by atoms with Gasteiger partial charge >= 0.3 is 0 Å². The van der Waals surface area contributed by atoms with Crippen molar-refractivity contribution < 1.29 is 4.79 Å². The van der Waals surface area contributed by atoms with Crippen molar-refractivity contribution in [3.8, 4) is 0 Å². The third-order valence-electron chi connectivity index (χ3n) is 3.94.